The van der Waals surface area contributed by atoms with Gasteiger partial charge in [0, 0.05) is 11.2 Å². The first-order chi connectivity index (χ1) is 7.02. The number of aryl methyl sites for hydroxylation is 1. The standard InChI is InChI=1S/C14H21N/c1-5-11-6-7-13-12(8-11)10(2)9-14(3,4)15-13/h6-8,10,15H,5,9H2,1-4H3. The Morgan fingerprint density at radius 3 is 2.80 bits per heavy atom. The van der Waals surface area contributed by atoms with Crippen LogP contribution in [0.4, 0.5) is 5.69 Å². The molecule has 1 unspecified atom stereocenters. The molecule has 0 spiro atoms. The number of anilines is 1. The molecule has 0 saturated carbocycles. The maximum Gasteiger partial charge on any atom is 0.0379 e. The lowest BCUT2D eigenvalue weighted by molar-refractivity contribution is 0.454. The van der Waals surface area contributed by atoms with Crippen LogP contribution in [-0.4, -0.2) is 5.54 Å². The second kappa shape index (κ2) is 3.55. The lowest BCUT2D eigenvalue weighted by atomic mass is 9.81. The summed E-state index contributed by atoms with van der Waals surface area (Å²) in [5.74, 6) is 0.669. The molecule has 0 amide bonds. The number of benzene rings is 1. The first-order valence-electron chi connectivity index (χ1n) is 5.93. The fourth-order valence-electron chi connectivity index (χ4n) is 2.64. The van der Waals surface area contributed by atoms with Crippen molar-refractivity contribution in [3.63, 3.8) is 0 Å². The molecule has 1 heterocycles. The molecule has 0 bridgehead atoms. The molecule has 1 N–H and O–H groups in total. The molecule has 0 aliphatic carbocycles. The van der Waals surface area contributed by atoms with Crippen LogP contribution in [-0.2, 0) is 6.42 Å². The van der Waals surface area contributed by atoms with Gasteiger partial charge in [0.05, 0.1) is 0 Å². The summed E-state index contributed by atoms with van der Waals surface area (Å²) < 4.78 is 0. The van der Waals surface area contributed by atoms with Crippen molar-refractivity contribution < 1.29 is 0 Å². The Kier molecular flexibility index (Phi) is 2.49. The van der Waals surface area contributed by atoms with Gasteiger partial charge < -0.3 is 5.32 Å². The predicted molar refractivity (Wildman–Crippen MR) is 66.6 cm³/mol. The third-order valence-corrected chi connectivity index (χ3v) is 3.34. The van der Waals surface area contributed by atoms with Gasteiger partial charge in [-0.3, -0.25) is 0 Å². The first kappa shape index (κ1) is 10.5. The zero-order valence-electron chi connectivity index (χ0n) is 10.2. The number of rotatable bonds is 1. The van der Waals surface area contributed by atoms with Gasteiger partial charge in [0.2, 0.25) is 0 Å². The Morgan fingerprint density at radius 1 is 1.40 bits per heavy atom. The molecule has 0 radical (unpaired) electrons. The Balaban J connectivity index is 2.41. The van der Waals surface area contributed by atoms with E-state index in [2.05, 4.69) is 51.2 Å². The monoisotopic (exact) mass is 203 g/mol. The largest absolute Gasteiger partial charge is 0.380 e. The van der Waals surface area contributed by atoms with Gasteiger partial charge in [-0.15, -0.1) is 0 Å². The molecule has 1 aliphatic rings. The van der Waals surface area contributed by atoms with Crippen molar-refractivity contribution in [2.75, 3.05) is 5.32 Å². The van der Waals surface area contributed by atoms with Gasteiger partial charge in [0.15, 0.2) is 0 Å². The van der Waals surface area contributed by atoms with Crippen molar-refractivity contribution >= 4 is 5.69 Å². The van der Waals surface area contributed by atoms with E-state index in [1.807, 2.05) is 0 Å². The molecule has 1 heteroatoms. The summed E-state index contributed by atoms with van der Waals surface area (Å²) in [5.41, 5.74) is 4.51. The smallest absolute Gasteiger partial charge is 0.0379 e. The van der Waals surface area contributed by atoms with Crippen LogP contribution in [0.1, 0.15) is 51.2 Å². The third kappa shape index (κ3) is 2.01. The summed E-state index contributed by atoms with van der Waals surface area (Å²) in [6, 6.07) is 6.84. The summed E-state index contributed by atoms with van der Waals surface area (Å²) in [6.07, 6.45) is 2.34. The Hall–Kier alpha value is -0.980. The summed E-state index contributed by atoms with van der Waals surface area (Å²) in [4.78, 5) is 0. The van der Waals surface area contributed by atoms with Gasteiger partial charge >= 0.3 is 0 Å². The highest BCUT2D eigenvalue weighted by molar-refractivity contribution is 5.58. The van der Waals surface area contributed by atoms with E-state index in [9.17, 15) is 0 Å². The third-order valence-electron chi connectivity index (χ3n) is 3.34. The van der Waals surface area contributed by atoms with E-state index in [1.54, 1.807) is 0 Å². The number of hydrogen-bond acceptors (Lipinski definition) is 1. The molecule has 2 rings (SSSR count). The minimum atomic E-state index is 0.236. The fourth-order valence-corrected chi connectivity index (χ4v) is 2.64. The van der Waals surface area contributed by atoms with Crippen molar-refractivity contribution in [1.29, 1.82) is 0 Å². The summed E-state index contributed by atoms with van der Waals surface area (Å²) >= 11 is 0. The molecule has 1 atom stereocenters. The minimum absolute atomic E-state index is 0.236. The van der Waals surface area contributed by atoms with E-state index < -0.39 is 0 Å². The van der Waals surface area contributed by atoms with Crippen molar-refractivity contribution in [2.45, 2.75) is 52.0 Å². The molecular weight excluding hydrogens is 182 g/mol. The van der Waals surface area contributed by atoms with E-state index in [4.69, 9.17) is 0 Å². The van der Waals surface area contributed by atoms with Crippen LogP contribution in [0.2, 0.25) is 0 Å². The highest BCUT2D eigenvalue weighted by atomic mass is 15.0. The van der Waals surface area contributed by atoms with Gasteiger partial charge in [-0.25, -0.2) is 0 Å². The highest BCUT2D eigenvalue weighted by Crippen LogP contribution is 2.38. The van der Waals surface area contributed by atoms with E-state index in [0.29, 0.717) is 5.92 Å². The number of hydrogen-bond donors (Lipinski definition) is 1. The zero-order chi connectivity index (χ0) is 11.1. The predicted octanol–water partition coefficient (Wildman–Crippen LogP) is 3.95. The average Bonchev–Trinajstić information content (AvgIpc) is 2.15. The quantitative estimate of drug-likeness (QED) is 0.728. The molecular formula is C14H21N. The highest BCUT2D eigenvalue weighted by Gasteiger charge is 2.28. The maximum absolute atomic E-state index is 3.62. The second-order valence-corrected chi connectivity index (χ2v) is 5.39. The molecule has 0 saturated heterocycles. The van der Waals surface area contributed by atoms with Crippen molar-refractivity contribution in [3.8, 4) is 0 Å². The molecule has 15 heavy (non-hydrogen) atoms. The molecule has 1 aromatic rings. The van der Waals surface area contributed by atoms with Crippen LogP contribution in [0.15, 0.2) is 18.2 Å². The Morgan fingerprint density at radius 2 is 2.13 bits per heavy atom. The van der Waals surface area contributed by atoms with E-state index in [-0.39, 0.29) is 5.54 Å². The van der Waals surface area contributed by atoms with Gasteiger partial charge in [-0.05, 0) is 49.8 Å². The summed E-state index contributed by atoms with van der Waals surface area (Å²) in [7, 11) is 0. The summed E-state index contributed by atoms with van der Waals surface area (Å²) in [5, 5.41) is 3.62. The van der Waals surface area contributed by atoms with Gasteiger partial charge in [-0.2, -0.15) is 0 Å². The lowest BCUT2D eigenvalue weighted by Crippen LogP contribution is -2.36. The Bertz CT molecular complexity index is 366. The van der Waals surface area contributed by atoms with Gasteiger partial charge in [-0.1, -0.05) is 26.0 Å². The number of fused-ring (bicyclic) bond motifs is 1. The lowest BCUT2D eigenvalue weighted by Gasteiger charge is -2.37. The van der Waals surface area contributed by atoms with Crippen LogP contribution in [0.3, 0.4) is 0 Å². The van der Waals surface area contributed by atoms with Crippen molar-refractivity contribution in [1.82, 2.24) is 0 Å². The topological polar surface area (TPSA) is 12.0 Å². The van der Waals surface area contributed by atoms with Crippen LogP contribution < -0.4 is 5.32 Å². The van der Waals surface area contributed by atoms with Crippen molar-refractivity contribution in [3.05, 3.63) is 29.3 Å². The van der Waals surface area contributed by atoms with E-state index >= 15 is 0 Å². The van der Waals surface area contributed by atoms with Crippen LogP contribution in [0.25, 0.3) is 0 Å². The number of nitrogens with one attached hydrogen (secondary N) is 1. The molecule has 1 nitrogen and oxygen atoms in total. The van der Waals surface area contributed by atoms with Gasteiger partial charge in [0.1, 0.15) is 0 Å². The molecule has 0 aromatic heterocycles. The zero-order valence-corrected chi connectivity index (χ0v) is 10.2. The second-order valence-electron chi connectivity index (χ2n) is 5.39. The fraction of sp³-hybridized carbons (Fsp3) is 0.571. The molecule has 82 valence electrons. The normalized spacial score (nSPS) is 23.1. The van der Waals surface area contributed by atoms with Crippen LogP contribution in [0.5, 0.6) is 0 Å². The van der Waals surface area contributed by atoms with Crippen LogP contribution in [0, 0.1) is 0 Å². The average molecular weight is 203 g/mol. The summed E-state index contributed by atoms with van der Waals surface area (Å²) in [6.45, 7) is 9.10. The van der Waals surface area contributed by atoms with Crippen molar-refractivity contribution in [2.24, 2.45) is 0 Å². The minimum Gasteiger partial charge on any atom is -0.380 e. The molecule has 1 aromatic carbocycles. The maximum atomic E-state index is 3.62. The molecule has 0 fully saturated rings. The Labute approximate surface area is 92.9 Å². The van der Waals surface area contributed by atoms with Gasteiger partial charge in [0.25, 0.3) is 0 Å². The SMILES string of the molecule is CCc1ccc2c(c1)C(C)CC(C)(C)N2. The molecule has 1 aliphatic heterocycles. The van der Waals surface area contributed by atoms with E-state index in [0.717, 1.165) is 6.42 Å². The van der Waals surface area contributed by atoms with E-state index in [1.165, 1.54) is 23.2 Å². The van der Waals surface area contributed by atoms with Crippen LogP contribution >= 0.6 is 0 Å². The first-order valence-corrected chi connectivity index (χ1v) is 5.93.